The van der Waals surface area contributed by atoms with Gasteiger partial charge in [0.15, 0.2) is 0 Å². The second-order valence-corrected chi connectivity index (χ2v) is 6.79. The first-order valence-electron chi connectivity index (χ1n) is 8.30. The Morgan fingerprint density at radius 2 is 1.80 bits per heavy atom. The summed E-state index contributed by atoms with van der Waals surface area (Å²) in [5, 5.41) is 3.92. The molecule has 3 rings (SSSR count). The third kappa shape index (κ3) is 4.02. The minimum atomic E-state index is 0.529. The van der Waals surface area contributed by atoms with Crippen LogP contribution in [0.3, 0.4) is 0 Å². The maximum atomic E-state index is 10.9. The van der Waals surface area contributed by atoms with Gasteiger partial charge in [-0.1, -0.05) is 17.7 Å². The maximum Gasteiger partial charge on any atom is 0.229 e. The van der Waals surface area contributed by atoms with Crippen LogP contribution in [0.25, 0.3) is 0 Å². The van der Waals surface area contributed by atoms with Crippen molar-refractivity contribution >= 4 is 35.5 Å². The van der Waals surface area contributed by atoms with Crippen LogP contribution < -0.4 is 10.2 Å². The first-order valence-corrected chi connectivity index (χ1v) is 8.68. The van der Waals surface area contributed by atoms with E-state index >= 15 is 0 Å². The molecule has 0 spiro atoms. The molecule has 2 heterocycles. The lowest BCUT2D eigenvalue weighted by Crippen LogP contribution is -2.46. The van der Waals surface area contributed by atoms with Crippen LogP contribution in [0.15, 0.2) is 18.2 Å². The monoisotopic (exact) mass is 359 g/mol. The van der Waals surface area contributed by atoms with Crippen LogP contribution in [0, 0.1) is 20.8 Å². The van der Waals surface area contributed by atoms with Crippen molar-refractivity contribution in [1.29, 1.82) is 0 Å². The number of nitrogens with one attached hydrogen (secondary N) is 1. The summed E-state index contributed by atoms with van der Waals surface area (Å²) in [7, 11) is 0. The fraction of sp³-hybridized carbons (Fsp3) is 0.389. The predicted octanol–water partition coefficient (Wildman–Crippen LogP) is 3.08. The summed E-state index contributed by atoms with van der Waals surface area (Å²) in [6.07, 6.45) is 0.901. The molecule has 0 aliphatic carbocycles. The number of anilines is 3. The van der Waals surface area contributed by atoms with Crippen molar-refractivity contribution in [2.75, 3.05) is 36.4 Å². The molecule has 0 bridgehead atoms. The molecule has 6 nitrogen and oxygen atoms in total. The van der Waals surface area contributed by atoms with E-state index < -0.39 is 0 Å². The van der Waals surface area contributed by atoms with Crippen molar-refractivity contribution in [2.24, 2.45) is 0 Å². The molecule has 1 saturated heterocycles. The third-order valence-electron chi connectivity index (χ3n) is 4.30. The fourth-order valence-corrected chi connectivity index (χ4v) is 3.38. The number of hydrogen-bond donors (Lipinski definition) is 1. The molecule has 0 unspecified atom stereocenters. The molecule has 1 fully saturated rings. The third-order valence-corrected chi connectivity index (χ3v) is 4.59. The second kappa shape index (κ2) is 7.27. The highest BCUT2D eigenvalue weighted by Crippen LogP contribution is 2.30. The Morgan fingerprint density at radius 1 is 1.08 bits per heavy atom. The second-order valence-electron chi connectivity index (χ2n) is 6.38. The Hall–Kier alpha value is -2.34. The van der Waals surface area contributed by atoms with Gasteiger partial charge in [0.1, 0.15) is 5.82 Å². The summed E-state index contributed by atoms with van der Waals surface area (Å²) in [6.45, 7) is 8.91. The van der Waals surface area contributed by atoms with Gasteiger partial charge in [0.25, 0.3) is 0 Å². The number of carbonyl (C=O) groups excluding carboxylic acids is 1. The Balaban J connectivity index is 1.84. The first kappa shape index (κ1) is 17.5. The molecule has 1 aromatic heterocycles. The molecule has 1 aliphatic rings. The van der Waals surface area contributed by atoms with E-state index in [1.807, 2.05) is 32.9 Å². The lowest BCUT2D eigenvalue weighted by Gasteiger charge is -2.33. The van der Waals surface area contributed by atoms with E-state index in [1.54, 1.807) is 4.90 Å². The Morgan fingerprint density at radius 3 is 2.44 bits per heavy atom. The summed E-state index contributed by atoms with van der Waals surface area (Å²) in [5.74, 6) is 1.39. The van der Waals surface area contributed by atoms with Gasteiger partial charge < -0.3 is 15.1 Å². The number of halogens is 1. The normalized spacial score (nSPS) is 14.6. The van der Waals surface area contributed by atoms with Gasteiger partial charge in [-0.15, -0.1) is 0 Å². The highest BCUT2D eigenvalue weighted by Gasteiger charge is 2.18. The van der Waals surface area contributed by atoms with Crippen LogP contribution in [0.5, 0.6) is 0 Å². The van der Waals surface area contributed by atoms with Gasteiger partial charge in [0, 0.05) is 37.9 Å². The molecule has 0 atom stereocenters. The summed E-state index contributed by atoms with van der Waals surface area (Å²) in [4.78, 5) is 23.9. The van der Waals surface area contributed by atoms with E-state index in [4.69, 9.17) is 11.6 Å². The highest BCUT2D eigenvalue weighted by atomic mass is 35.5. The zero-order valence-electron chi connectivity index (χ0n) is 14.7. The standard InChI is InChI=1S/C18H22ClN5O/c1-12-8-13(2)17(15(19)9-12)22-18-20-14(3)10-16(21-18)24-6-4-23(11-25)5-7-24/h8-11H,4-7H2,1-3H3,(H,20,21,22). The van der Waals surface area contributed by atoms with E-state index in [2.05, 4.69) is 26.3 Å². The predicted molar refractivity (Wildman–Crippen MR) is 101 cm³/mol. The molecular weight excluding hydrogens is 338 g/mol. The van der Waals surface area contributed by atoms with E-state index in [-0.39, 0.29) is 0 Å². The molecule has 7 heteroatoms. The number of hydrogen-bond acceptors (Lipinski definition) is 5. The van der Waals surface area contributed by atoms with Gasteiger partial charge in [-0.05, 0) is 38.0 Å². The number of aromatic nitrogens is 2. The molecule has 0 radical (unpaired) electrons. The lowest BCUT2D eigenvalue weighted by atomic mass is 10.1. The smallest absolute Gasteiger partial charge is 0.229 e. The Labute approximate surface area is 152 Å². The maximum absolute atomic E-state index is 10.9. The van der Waals surface area contributed by atoms with Crippen LogP contribution in [-0.4, -0.2) is 47.5 Å². The molecule has 25 heavy (non-hydrogen) atoms. The quantitative estimate of drug-likeness (QED) is 0.850. The molecule has 132 valence electrons. The fourth-order valence-electron chi connectivity index (χ4n) is 3.01. The van der Waals surface area contributed by atoms with E-state index in [0.29, 0.717) is 24.1 Å². The van der Waals surface area contributed by atoms with Crippen LogP contribution in [0.2, 0.25) is 5.02 Å². The Kier molecular flexibility index (Phi) is 5.08. The average molecular weight is 360 g/mol. The number of piperazine rings is 1. The van der Waals surface area contributed by atoms with Crippen LogP contribution in [0.4, 0.5) is 17.5 Å². The van der Waals surface area contributed by atoms with E-state index in [9.17, 15) is 4.79 Å². The first-order chi connectivity index (χ1) is 12.0. The van der Waals surface area contributed by atoms with E-state index in [1.165, 1.54) is 0 Å². The Bertz CT molecular complexity index is 764. The number of benzene rings is 1. The van der Waals surface area contributed by atoms with Crippen molar-refractivity contribution < 1.29 is 4.79 Å². The number of nitrogens with zero attached hydrogens (tertiary/aromatic N) is 4. The van der Waals surface area contributed by atoms with Gasteiger partial charge in [0.05, 0.1) is 10.7 Å². The molecule has 1 aliphatic heterocycles. The van der Waals surface area contributed by atoms with Gasteiger partial charge in [-0.3, -0.25) is 4.79 Å². The number of amides is 1. The lowest BCUT2D eigenvalue weighted by molar-refractivity contribution is -0.118. The van der Waals surface area contributed by atoms with Crippen LogP contribution >= 0.6 is 11.6 Å². The van der Waals surface area contributed by atoms with Crippen molar-refractivity contribution in [3.05, 3.63) is 40.0 Å². The van der Waals surface area contributed by atoms with Gasteiger partial charge in [-0.2, -0.15) is 4.98 Å². The molecular formula is C18H22ClN5O. The zero-order valence-corrected chi connectivity index (χ0v) is 15.5. The largest absolute Gasteiger partial charge is 0.353 e. The summed E-state index contributed by atoms with van der Waals surface area (Å²) in [6, 6.07) is 5.96. The number of rotatable bonds is 4. The van der Waals surface area contributed by atoms with Crippen molar-refractivity contribution in [1.82, 2.24) is 14.9 Å². The number of carbonyl (C=O) groups is 1. The van der Waals surface area contributed by atoms with Crippen molar-refractivity contribution in [3.8, 4) is 0 Å². The summed E-state index contributed by atoms with van der Waals surface area (Å²) in [5.41, 5.74) is 3.88. The zero-order chi connectivity index (χ0) is 18.0. The van der Waals surface area contributed by atoms with Gasteiger partial charge >= 0.3 is 0 Å². The summed E-state index contributed by atoms with van der Waals surface area (Å²) < 4.78 is 0. The molecule has 1 amide bonds. The molecule has 0 saturated carbocycles. The average Bonchev–Trinajstić information content (AvgIpc) is 2.58. The minimum absolute atomic E-state index is 0.529. The van der Waals surface area contributed by atoms with Crippen LogP contribution in [0.1, 0.15) is 16.8 Å². The summed E-state index contributed by atoms with van der Waals surface area (Å²) >= 11 is 6.38. The highest BCUT2D eigenvalue weighted by molar-refractivity contribution is 6.33. The van der Waals surface area contributed by atoms with E-state index in [0.717, 1.165) is 47.8 Å². The minimum Gasteiger partial charge on any atom is -0.353 e. The van der Waals surface area contributed by atoms with Gasteiger partial charge in [0.2, 0.25) is 12.4 Å². The van der Waals surface area contributed by atoms with Crippen molar-refractivity contribution in [3.63, 3.8) is 0 Å². The topological polar surface area (TPSA) is 61.4 Å². The number of aryl methyl sites for hydroxylation is 3. The SMILES string of the molecule is Cc1cc(C)c(Nc2nc(C)cc(N3CCN(C=O)CC3)n2)c(Cl)c1. The van der Waals surface area contributed by atoms with Crippen LogP contribution in [-0.2, 0) is 4.79 Å². The van der Waals surface area contributed by atoms with Crippen molar-refractivity contribution in [2.45, 2.75) is 20.8 Å². The molecule has 1 N–H and O–H groups in total. The molecule has 1 aromatic carbocycles. The molecule has 2 aromatic rings. The van der Waals surface area contributed by atoms with Gasteiger partial charge in [-0.25, -0.2) is 4.98 Å².